The number of benzene rings is 2. The summed E-state index contributed by atoms with van der Waals surface area (Å²) in [6, 6.07) is 12.7. The molecule has 2 aromatic carbocycles. The lowest BCUT2D eigenvalue weighted by Gasteiger charge is -2.70. The van der Waals surface area contributed by atoms with Gasteiger partial charge in [-0.2, -0.15) is 0 Å². The monoisotopic (exact) mass is 1360 g/mol. The van der Waals surface area contributed by atoms with Crippen molar-refractivity contribution >= 4 is 47.4 Å². The van der Waals surface area contributed by atoms with E-state index >= 15 is 0 Å². The highest BCUT2D eigenvalue weighted by Gasteiger charge is 2.73. The van der Waals surface area contributed by atoms with E-state index in [0.29, 0.717) is 48.0 Å². The smallest absolute Gasteiger partial charge is 0.346 e. The van der Waals surface area contributed by atoms with Crippen LogP contribution in [0.1, 0.15) is 280 Å². The standard InChI is InChI=1S/C40H54O7.C32H50O4.C8H4O3.C4H8O/c1-35(2)29-13-16-40(7)32(38(29,5)15-14-30(35)47-34(45)25-12-10-9-11-24(25)33(43)44)28(41)21-26-27-22-36(3,23-31(42)46-8)17-18-37(27,4)19-20-39(26,40)6;1-27(2)23-9-12-32(7)26(30(23,5)11-10-24(27)34)22(33)17-20-21-18-28(3,19-25(35)36-8)13-14-29(21,4)15-16-31(20,32)6;9-7-5-3-1-2-4-6(5)8(10)11-7;1-2-4-5-3-1/h9-12,21,27,29-30,32H,13-20,22-23H2,1-8H3,(H,43,44);17,21,23-24,26,34H,9-16,18-19H2,1-8H3;1-4H;1-4H2/t27?,29-,30-,32+,36-,37+,38-,39+,40+;21?,23-,24-,26+,28-,29+,30-,31+,32+;;/m00../s1. The number of carboxylic acid groups (broad SMARTS) is 1. The number of carbonyl (C=O) groups is 8. The minimum atomic E-state index is -1.15. The van der Waals surface area contributed by atoms with Crippen molar-refractivity contribution in [3.8, 4) is 0 Å². The summed E-state index contributed by atoms with van der Waals surface area (Å²) in [6.07, 6.45) is 24.7. The van der Waals surface area contributed by atoms with E-state index < -0.39 is 29.3 Å². The minimum Gasteiger partial charge on any atom is -0.478 e. The Morgan fingerprint density at radius 1 is 0.505 bits per heavy atom. The molecule has 14 rings (SSSR count). The van der Waals surface area contributed by atoms with Gasteiger partial charge in [-0.1, -0.05) is 132 Å². The highest BCUT2D eigenvalue weighted by Crippen LogP contribution is 2.78. The molecule has 9 fully saturated rings. The number of aliphatic hydroxyl groups is 1. The van der Waals surface area contributed by atoms with Gasteiger partial charge in [0.1, 0.15) is 6.10 Å². The van der Waals surface area contributed by atoms with Gasteiger partial charge in [0.05, 0.1) is 55.4 Å². The van der Waals surface area contributed by atoms with Gasteiger partial charge in [-0.3, -0.25) is 19.2 Å². The zero-order valence-corrected chi connectivity index (χ0v) is 62.6. The number of methoxy groups -OCH3 is 2. The van der Waals surface area contributed by atoms with Crippen LogP contribution in [-0.4, -0.2) is 97.2 Å². The van der Waals surface area contributed by atoms with Gasteiger partial charge < -0.3 is 33.9 Å². The highest BCUT2D eigenvalue weighted by molar-refractivity contribution is 6.14. The van der Waals surface area contributed by atoms with Gasteiger partial charge in [-0.25, -0.2) is 19.2 Å². The fourth-order valence-corrected chi connectivity index (χ4v) is 24.4. The van der Waals surface area contributed by atoms with E-state index in [1.165, 1.54) is 56.8 Å². The van der Waals surface area contributed by atoms with Crippen molar-refractivity contribution in [1.29, 1.82) is 0 Å². The molecule has 2 heterocycles. The number of esters is 5. The van der Waals surface area contributed by atoms with Crippen molar-refractivity contribution in [3.05, 3.63) is 94.1 Å². The second kappa shape index (κ2) is 26.2. The normalized spacial score (nSPS) is 41.6. The Kier molecular flexibility index (Phi) is 19.7. The van der Waals surface area contributed by atoms with E-state index in [-0.39, 0.29) is 124 Å². The summed E-state index contributed by atoms with van der Waals surface area (Å²) in [5.41, 5.74) is 2.21. The summed E-state index contributed by atoms with van der Waals surface area (Å²) in [7, 11) is 2.95. The molecular formula is C84H116O15. The van der Waals surface area contributed by atoms with Gasteiger partial charge in [-0.05, 0) is 248 Å². The van der Waals surface area contributed by atoms with Crippen molar-refractivity contribution in [3.63, 3.8) is 0 Å². The van der Waals surface area contributed by atoms with Crippen LogP contribution in [0.25, 0.3) is 0 Å². The number of hydrogen-bond acceptors (Lipinski definition) is 14. The maximum Gasteiger partial charge on any atom is 0.346 e. The van der Waals surface area contributed by atoms with Crippen molar-refractivity contribution in [1.82, 2.24) is 0 Å². The second-order valence-electron chi connectivity index (χ2n) is 37.0. The molecule has 12 aliphatic rings. The first-order valence-corrected chi connectivity index (χ1v) is 37.5. The molecule has 0 amide bonds. The van der Waals surface area contributed by atoms with Crippen molar-refractivity contribution in [2.24, 2.45) is 100 Å². The zero-order chi connectivity index (χ0) is 72.3. The van der Waals surface area contributed by atoms with Gasteiger partial charge in [-0.15, -0.1) is 0 Å². The van der Waals surface area contributed by atoms with Crippen LogP contribution in [0, 0.1) is 100 Å². The van der Waals surface area contributed by atoms with E-state index in [0.717, 1.165) is 116 Å². The zero-order valence-electron chi connectivity index (χ0n) is 62.6. The van der Waals surface area contributed by atoms with E-state index in [4.69, 9.17) is 18.9 Å². The Balaban J connectivity index is 0.000000166. The molecule has 2 unspecified atom stereocenters. The van der Waals surface area contributed by atoms with Crippen LogP contribution >= 0.6 is 0 Å². The predicted octanol–water partition coefficient (Wildman–Crippen LogP) is 17.1. The molecule has 542 valence electrons. The Labute approximate surface area is 589 Å². The Hall–Kier alpha value is -5.80. The van der Waals surface area contributed by atoms with E-state index in [1.807, 2.05) is 0 Å². The molecule has 2 N–H and O–H groups in total. The number of rotatable bonds is 7. The molecule has 15 heteroatoms. The second-order valence-corrected chi connectivity index (χ2v) is 37.0. The molecule has 18 atom stereocenters. The van der Waals surface area contributed by atoms with Crippen LogP contribution in [0.3, 0.4) is 0 Å². The first kappa shape index (κ1) is 74.4. The molecule has 8 saturated carbocycles. The fraction of sp³-hybridized carbons (Fsp3) is 0.714. The fourth-order valence-electron chi connectivity index (χ4n) is 24.4. The number of ketones is 2. The molecule has 0 aromatic heterocycles. The van der Waals surface area contributed by atoms with Crippen molar-refractivity contribution < 1.29 is 72.3 Å². The lowest BCUT2D eigenvalue weighted by atomic mass is 9.33. The Bertz CT molecular complexity index is 3590. The molecule has 0 radical (unpaired) electrons. The van der Waals surface area contributed by atoms with Crippen LogP contribution in [0.15, 0.2) is 71.8 Å². The first-order chi connectivity index (χ1) is 46.2. The maximum absolute atomic E-state index is 14.7. The molecule has 15 nitrogen and oxygen atoms in total. The van der Waals surface area contributed by atoms with Crippen molar-refractivity contribution in [2.45, 2.75) is 250 Å². The van der Waals surface area contributed by atoms with E-state index in [9.17, 15) is 48.6 Å². The Morgan fingerprint density at radius 2 is 0.919 bits per heavy atom. The quantitative estimate of drug-likeness (QED) is 0.149. The van der Waals surface area contributed by atoms with Gasteiger partial charge >= 0.3 is 35.8 Å². The SMILES string of the molecule is C1CCOC1.COC(=O)C[C@@]1(C)CC[C@]2(C)CC[C@]3(C)C(=CC(=O)[C@@H]4[C@@]5(C)CC[C@H](O)C(C)(C)[C@@H]5CC[C@]43C)C2C1.COC(=O)C[C@@]1(C)CC[C@]2(C)CC[C@]3(C)C(=CC(=O)[C@@H]4[C@@]5(C)CC[C@H](OC(=O)c6ccccc6C(=O)O)C(C)(C)[C@@H]5CC[C@]43C)C2C1.O=C1OC(=O)c2ccccc21. The molecule has 1 saturated heterocycles. The lowest BCUT2D eigenvalue weighted by molar-refractivity contribution is -0.202. The largest absolute Gasteiger partial charge is 0.478 e. The average molecular weight is 1370 g/mol. The molecule has 0 spiro atoms. The van der Waals surface area contributed by atoms with Gasteiger partial charge in [0.2, 0.25) is 0 Å². The molecule has 0 bridgehead atoms. The highest BCUT2D eigenvalue weighted by atomic mass is 16.6. The summed E-state index contributed by atoms with van der Waals surface area (Å²) in [4.78, 5) is 101. The number of ether oxygens (including phenoxy) is 5. The first-order valence-electron chi connectivity index (χ1n) is 37.5. The van der Waals surface area contributed by atoms with Crippen LogP contribution in [0.4, 0.5) is 0 Å². The number of fused-ring (bicyclic) bond motifs is 15. The van der Waals surface area contributed by atoms with Crippen LogP contribution in [0.5, 0.6) is 0 Å². The van der Waals surface area contributed by atoms with Gasteiger partial charge in [0.15, 0.2) is 11.6 Å². The van der Waals surface area contributed by atoms with Gasteiger partial charge in [0.25, 0.3) is 0 Å². The minimum absolute atomic E-state index is 0.00649. The average Bonchev–Trinajstić information content (AvgIpc) is 0.830. The number of carbonyl (C=O) groups excluding carboxylic acids is 7. The third kappa shape index (κ3) is 12.3. The number of hydrogen-bond donors (Lipinski definition) is 2. The van der Waals surface area contributed by atoms with Crippen LogP contribution in [-0.2, 0) is 42.9 Å². The summed E-state index contributed by atoms with van der Waals surface area (Å²) in [5.74, 6) is -1.54. The lowest BCUT2D eigenvalue weighted by Crippen LogP contribution is -2.66. The summed E-state index contributed by atoms with van der Waals surface area (Å²) in [5, 5.41) is 20.6. The third-order valence-electron chi connectivity index (χ3n) is 30.9. The topological polar surface area (TPSA) is 223 Å². The molecule has 10 aliphatic carbocycles. The molecule has 2 aromatic rings. The maximum atomic E-state index is 14.7. The molecule has 99 heavy (non-hydrogen) atoms. The predicted molar refractivity (Wildman–Crippen MR) is 377 cm³/mol. The number of aliphatic hydroxyl groups excluding tert-OH is 1. The number of cyclic esters (lactones) is 2. The van der Waals surface area contributed by atoms with Crippen molar-refractivity contribution in [2.75, 3.05) is 27.4 Å². The van der Waals surface area contributed by atoms with E-state index in [1.54, 1.807) is 36.4 Å². The number of carboxylic acids is 1. The van der Waals surface area contributed by atoms with E-state index in [2.05, 4.69) is 114 Å². The number of aromatic carboxylic acids is 1. The summed E-state index contributed by atoms with van der Waals surface area (Å²) in [6.45, 7) is 34.6. The Morgan fingerprint density at radius 3 is 1.34 bits per heavy atom. The van der Waals surface area contributed by atoms with Crippen LogP contribution in [0.2, 0.25) is 0 Å². The molecule has 2 aliphatic heterocycles. The summed E-state index contributed by atoms with van der Waals surface area (Å²) >= 11 is 0. The third-order valence-corrected chi connectivity index (χ3v) is 30.9. The summed E-state index contributed by atoms with van der Waals surface area (Å²) < 4.78 is 25.6. The van der Waals surface area contributed by atoms with Gasteiger partial charge in [0, 0.05) is 30.5 Å². The molecular weight excluding hydrogens is 1250 g/mol. The number of allylic oxidation sites excluding steroid dienone is 4. The van der Waals surface area contributed by atoms with Crippen LogP contribution < -0.4 is 0 Å².